The Bertz CT molecular complexity index is 465. The Balaban J connectivity index is 1.56. The fourth-order valence-electron chi connectivity index (χ4n) is 4.23. The van der Waals surface area contributed by atoms with Gasteiger partial charge in [-0.2, -0.15) is 0 Å². The molecular formula is C20H31N. The third-order valence-electron chi connectivity index (χ3n) is 5.63. The minimum Gasteiger partial charge on any atom is -0.310 e. The summed E-state index contributed by atoms with van der Waals surface area (Å²) in [6, 6.07) is 7.69. The molecule has 1 fully saturated rings. The molecule has 1 nitrogen and oxygen atoms in total. The molecule has 1 saturated carbocycles. The lowest BCUT2D eigenvalue weighted by Gasteiger charge is -2.28. The van der Waals surface area contributed by atoms with Crippen LogP contribution in [0.4, 0.5) is 0 Å². The van der Waals surface area contributed by atoms with Gasteiger partial charge in [0.05, 0.1) is 0 Å². The predicted octanol–water partition coefficient (Wildman–Crippen LogP) is 5.04. The zero-order valence-electron chi connectivity index (χ0n) is 13.8. The van der Waals surface area contributed by atoms with Crippen LogP contribution in [0.2, 0.25) is 0 Å². The molecular weight excluding hydrogens is 254 g/mol. The number of hydrogen-bond donors (Lipinski definition) is 1. The van der Waals surface area contributed by atoms with E-state index in [0.717, 1.165) is 11.8 Å². The van der Waals surface area contributed by atoms with Crippen molar-refractivity contribution in [3.8, 4) is 0 Å². The third-order valence-corrected chi connectivity index (χ3v) is 5.63. The largest absolute Gasteiger partial charge is 0.310 e. The zero-order chi connectivity index (χ0) is 14.7. The lowest BCUT2D eigenvalue weighted by atomic mass is 9.82. The second-order valence-electron chi connectivity index (χ2n) is 7.50. The fourth-order valence-corrected chi connectivity index (χ4v) is 4.23. The molecule has 0 saturated heterocycles. The maximum Gasteiger partial charge on any atom is 0.0292 e. The van der Waals surface area contributed by atoms with Crippen molar-refractivity contribution >= 4 is 0 Å². The average molecular weight is 285 g/mol. The predicted molar refractivity (Wildman–Crippen MR) is 90.6 cm³/mol. The number of nitrogens with one attached hydrogen (secondary N) is 1. The molecule has 0 bridgehead atoms. The molecule has 21 heavy (non-hydrogen) atoms. The van der Waals surface area contributed by atoms with E-state index in [1.165, 1.54) is 63.5 Å². The Labute approximate surface area is 130 Å². The van der Waals surface area contributed by atoms with Crippen molar-refractivity contribution in [2.75, 3.05) is 6.54 Å². The first-order valence-corrected chi connectivity index (χ1v) is 9.07. The van der Waals surface area contributed by atoms with Gasteiger partial charge in [0.15, 0.2) is 0 Å². The van der Waals surface area contributed by atoms with Crippen LogP contribution in [0.5, 0.6) is 0 Å². The van der Waals surface area contributed by atoms with E-state index in [0.29, 0.717) is 6.04 Å². The van der Waals surface area contributed by atoms with Crippen LogP contribution in [-0.4, -0.2) is 6.54 Å². The molecule has 1 aromatic rings. The van der Waals surface area contributed by atoms with Gasteiger partial charge < -0.3 is 5.32 Å². The van der Waals surface area contributed by atoms with E-state index in [4.69, 9.17) is 0 Å². The monoisotopic (exact) mass is 285 g/mol. The molecule has 3 unspecified atom stereocenters. The molecule has 116 valence electrons. The molecule has 0 amide bonds. The summed E-state index contributed by atoms with van der Waals surface area (Å²) in [6.07, 6.45) is 11.0. The van der Waals surface area contributed by atoms with Gasteiger partial charge in [0.2, 0.25) is 0 Å². The highest BCUT2D eigenvalue weighted by Gasteiger charge is 2.19. The number of rotatable bonds is 4. The molecule has 3 rings (SSSR count). The molecule has 3 atom stereocenters. The quantitative estimate of drug-likeness (QED) is 0.817. The summed E-state index contributed by atoms with van der Waals surface area (Å²) in [4.78, 5) is 0. The van der Waals surface area contributed by atoms with Crippen molar-refractivity contribution in [1.82, 2.24) is 5.32 Å². The minimum absolute atomic E-state index is 0.495. The van der Waals surface area contributed by atoms with Crippen molar-refractivity contribution < 1.29 is 0 Å². The summed E-state index contributed by atoms with van der Waals surface area (Å²) in [5, 5.41) is 3.80. The summed E-state index contributed by atoms with van der Waals surface area (Å²) < 4.78 is 0. The van der Waals surface area contributed by atoms with E-state index in [-0.39, 0.29) is 0 Å². The summed E-state index contributed by atoms with van der Waals surface area (Å²) in [5.41, 5.74) is 4.69. The van der Waals surface area contributed by atoms with Gasteiger partial charge in [-0.15, -0.1) is 0 Å². The van der Waals surface area contributed by atoms with E-state index >= 15 is 0 Å². The smallest absolute Gasteiger partial charge is 0.0292 e. The van der Waals surface area contributed by atoms with Crippen molar-refractivity contribution in [3.63, 3.8) is 0 Å². The number of aryl methyl sites for hydroxylation is 2. The second kappa shape index (κ2) is 6.96. The van der Waals surface area contributed by atoms with Crippen molar-refractivity contribution in [2.45, 2.75) is 71.3 Å². The summed E-state index contributed by atoms with van der Waals surface area (Å²) in [7, 11) is 0. The highest BCUT2D eigenvalue weighted by atomic mass is 14.9. The fraction of sp³-hybridized carbons (Fsp3) is 0.700. The van der Waals surface area contributed by atoms with Crippen LogP contribution in [0, 0.1) is 11.8 Å². The SMILES string of the molecule is CC1CCCC(CNC(C)c2ccc3c(c2)CCCC3)C1. The minimum atomic E-state index is 0.495. The van der Waals surface area contributed by atoms with Gasteiger partial charge in [0.1, 0.15) is 0 Å². The molecule has 2 aliphatic rings. The first-order chi connectivity index (χ1) is 10.2. The lowest BCUT2D eigenvalue weighted by molar-refractivity contribution is 0.268. The molecule has 0 spiro atoms. The molecule has 1 heteroatoms. The number of benzene rings is 1. The van der Waals surface area contributed by atoms with E-state index in [1.54, 1.807) is 11.1 Å². The highest BCUT2D eigenvalue weighted by molar-refractivity contribution is 5.35. The number of hydrogen-bond acceptors (Lipinski definition) is 1. The first-order valence-electron chi connectivity index (χ1n) is 9.07. The maximum absolute atomic E-state index is 3.80. The molecule has 0 aromatic heterocycles. The van der Waals surface area contributed by atoms with Crippen molar-refractivity contribution in [1.29, 1.82) is 0 Å². The third kappa shape index (κ3) is 3.88. The maximum atomic E-state index is 3.80. The van der Waals surface area contributed by atoms with Crippen LogP contribution in [-0.2, 0) is 12.8 Å². The molecule has 1 aromatic carbocycles. The Morgan fingerprint density at radius 1 is 1.10 bits per heavy atom. The van der Waals surface area contributed by atoms with Crippen LogP contribution in [0.3, 0.4) is 0 Å². The van der Waals surface area contributed by atoms with Crippen molar-refractivity contribution in [2.24, 2.45) is 11.8 Å². The van der Waals surface area contributed by atoms with Gasteiger partial charge in [-0.25, -0.2) is 0 Å². The van der Waals surface area contributed by atoms with Crippen LogP contribution < -0.4 is 5.32 Å². The zero-order valence-corrected chi connectivity index (χ0v) is 13.8. The van der Waals surface area contributed by atoms with Gasteiger partial charge in [-0.3, -0.25) is 0 Å². The van der Waals surface area contributed by atoms with Crippen LogP contribution in [0.1, 0.15) is 75.1 Å². The van der Waals surface area contributed by atoms with Gasteiger partial charge in [0.25, 0.3) is 0 Å². The molecule has 0 aliphatic heterocycles. The van der Waals surface area contributed by atoms with Crippen LogP contribution in [0.25, 0.3) is 0 Å². The van der Waals surface area contributed by atoms with E-state index in [2.05, 4.69) is 37.4 Å². The lowest BCUT2D eigenvalue weighted by Crippen LogP contribution is -2.28. The Morgan fingerprint density at radius 3 is 2.71 bits per heavy atom. The second-order valence-corrected chi connectivity index (χ2v) is 7.50. The number of fused-ring (bicyclic) bond motifs is 1. The standard InChI is InChI=1S/C20H31N/c1-15-6-5-7-17(12-15)14-21-16(2)19-11-10-18-8-3-4-9-20(18)13-19/h10-11,13,15-17,21H,3-9,12,14H2,1-2H3. The highest BCUT2D eigenvalue weighted by Crippen LogP contribution is 2.29. The Hall–Kier alpha value is -0.820. The van der Waals surface area contributed by atoms with Crippen LogP contribution in [0.15, 0.2) is 18.2 Å². The summed E-state index contributed by atoms with van der Waals surface area (Å²) in [6.45, 7) is 5.94. The summed E-state index contributed by atoms with van der Waals surface area (Å²) in [5.74, 6) is 1.83. The van der Waals surface area contributed by atoms with Gasteiger partial charge >= 0.3 is 0 Å². The van der Waals surface area contributed by atoms with Crippen molar-refractivity contribution in [3.05, 3.63) is 34.9 Å². The molecule has 2 aliphatic carbocycles. The normalized spacial score (nSPS) is 27.1. The van der Waals surface area contributed by atoms with E-state index in [1.807, 2.05) is 0 Å². The molecule has 0 radical (unpaired) electrons. The van der Waals surface area contributed by atoms with Gasteiger partial charge in [0, 0.05) is 6.04 Å². The summed E-state index contributed by atoms with van der Waals surface area (Å²) >= 11 is 0. The van der Waals surface area contributed by atoms with Gasteiger partial charge in [-0.1, -0.05) is 38.0 Å². The average Bonchev–Trinajstić information content (AvgIpc) is 2.52. The topological polar surface area (TPSA) is 12.0 Å². The first kappa shape index (κ1) is 15.1. The van der Waals surface area contributed by atoms with E-state index in [9.17, 15) is 0 Å². The molecule has 0 heterocycles. The van der Waals surface area contributed by atoms with Gasteiger partial charge in [-0.05, 0) is 80.5 Å². The Kier molecular flexibility index (Phi) is 5.00. The van der Waals surface area contributed by atoms with E-state index < -0.39 is 0 Å². The Morgan fingerprint density at radius 2 is 1.90 bits per heavy atom. The van der Waals surface area contributed by atoms with Crippen LogP contribution >= 0.6 is 0 Å². The molecule has 1 N–H and O–H groups in total.